The van der Waals surface area contributed by atoms with Gasteiger partial charge in [0.25, 0.3) is 5.56 Å². The number of H-pyrrole nitrogens is 1. The van der Waals surface area contributed by atoms with Crippen LogP contribution in [-0.2, 0) is 18.5 Å². The Balaban J connectivity index is 1.58. The number of rotatable bonds is 4. The van der Waals surface area contributed by atoms with Crippen LogP contribution in [-0.4, -0.2) is 38.0 Å². The Hall–Kier alpha value is -1.95. The highest BCUT2D eigenvalue weighted by molar-refractivity contribution is 5.11. The van der Waals surface area contributed by atoms with Crippen molar-refractivity contribution in [2.75, 3.05) is 13.1 Å². The van der Waals surface area contributed by atoms with Gasteiger partial charge in [-0.1, -0.05) is 20.8 Å². The molecule has 0 aromatic carbocycles. The lowest BCUT2D eigenvalue weighted by Crippen LogP contribution is -2.49. The summed E-state index contributed by atoms with van der Waals surface area (Å²) >= 11 is 0. The molecule has 2 aromatic heterocycles. The van der Waals surface area contributed by atoms with Crippen molar-refractivity contribution < 1.29 is 0 Å². The molecular formula is C17H25N5O. The summed E-state index contributed by atoms with van der Waals surface area (Å²) in [4.78, 5) is 14.4. The Morgan fingerprint density at radius 3 is 2.65 bits per heavy atom. The topological polar surface area (TPSA) is 66.8 Å². The fraction of sp³-hybridized carbons (Fsp3) is 0.588. The molecule has 1 saturated heterocycles. The van der Waals surface area contributed by atoms with Gasteiger partial charge in [0, 0.05) is 42.7 Å². The second-order valence-electron chi connectivity index (χ2n) is 7.59. The molecule has 0 aliphatic carbocycles. The second kappa shape index (κ2) is 5.92. The number of hydrogen-bond acceptors (Lipinski definition) is 4. The summed E-state index contributed by atoms with van der Waals surface area (Å²) < 4.78 is 1.63. The van der Waals surface area contributed by atoms with Gasteiger partial charge < -0.3 is 0 Å². The summed E-state index contributed by atoms with van der Waals surface area (Å²) in [6.07, 6.45) is 0. The quantitative estimate of drug-likeness (QED) is 0.932. The van der Waals surface area contributed by atoms with Crippen LogP contribution < -0.4 is 5.56 Å². The predicted molar refractivity (Wildman–Crippen MR) is 89.3 cm³/mol. The molecule has 1 fully saturated rings. The van der Waals surface area contributed by atoms with Crippen LogP contribution in [0.15, 0.2) is 23.0 Å². The SMILES string of the molecule is Cc1cc(CN2CC(Cn3nc(C(C)(C)C)ccc3=O)C2)n[nH]1. The third kappa shape index (κ3) is 3.69. The Morgan fingerprint density at radius 1 is 1.30 bits per heavy atom. The molecule has 0 radical (unpaired) electrons. The highest BCUT2D eigenvalue weighted by atomic mass is 16.1. The van der Waals surface area contributed by atoms with Gasteiger partial charge in [0.15, 0.2) is 0 Å². The minimum atomic E-state index is -0.0427. The van der Waals surface area contributed by atoms with Crippen LogP contribution in [0.5, 0.6) is 0 Å². The normalized spacial score (nSPS) is 16.5. The van der Waals surface area contributed by atoms with Crippen LogP contribution in [0.25, 0.3) is 0 Å². The minimum Gasteiger partial charge on any atom is -0.297 e. The number of aromatic nitrogens is 4. The fourth-order valence-electron chi connectivity index (χ4n) is 2.93. The average molecular weight is 315 g/mol. The van der Waals surface area contributed by atoms with Crippen molar-refractivity contribution in [2.24, 2.45) is 5.92 Å². The Morgan fingerprint density at radius 2 is 2.04 bits per heavy atom. The first-order valence-electron chi connectivity index (χ1n) is 8.13. The zero-order valence-electron chi connectivity index (χ0n) is 14.3. The highest BCUT2D eigenvalue weighted by Crippen LogP contribution is 2.21. The average Bonchev–Trinajstić information content (AvgIpc) is 2.82. The van der Waals surface area contributed by atoms with E-state index in [0.29, 0.717) is 12.5 Å². The van der Waals surface area contributed by atoms with Crippen molar-refractivity contribution in [1.82, 2.24) is 24.9 Å². The van der Waals surface area contributed by atoms with E-state index in [1.54, 1.807) is 10.7 Å². The molecule has 0 saturated carbocycles. The van der Waals surface area contributed by atoms with Crippen molar-refractivity contribution in [1.29, 1.82) is 0 Å². The van der Waals surface area contributed by atoms with E-state index in [-0.39, 0.29) is 11.0 Å². The standard InChI is InChI=1S/C17H25N5O/c1-12-7-14(19-18-12)11-21-8-13(9-21)10-22-16(23)6-5-15(20-22)17(2,3)4/h5-7,13H,8-11H2,1-4H3,(H,18,19). The van der Waals surface area contributed by atoms with Gasteiger partial charge in [-0.3, -0.25) is 14.8 Å². The van der Waals surface area contributed by atoms with Crippen molar-refractivity contribution in [3.63, 3.8) is 0 Å². The fourth-order valence-corrected chi connectivity index (χ4v) is 2.93. The van der Waals surface area contributed by atoms with E-state index in [2.05, 4.69) is 47.0 Å². The molecule has 0 bridgehead atoms. The molecule has 0 spiro atoms. The van der Waals surface area contributed by atoms with Crippen molar-refractivity contribution in [3.05, 3.63) is 45.6 Å². The maximum absolute atomic E-state index is 12.0. The number of hydrogen-bond donors (Lipinski definition) is 1. The molecule has 1 N–H and O–H groups in total. The predicted octanol–water partition coefficient (Wildman–Crippen LogP) is 1.70. The molecule has 0 amide bonds. The summed E-state index contributed by atoms with van der Waals surface area (Å²) in [5.74, 6) is 0.482. The van der Waals surface area contributed by atoms with Crippen LogP contribution in [0.4, 0.5) is 0 Å². The van der Waals surface area contributed by atoms with E-state index < -0.39 is 0 Å². The van der Waals surface area contributed by atoms with E-state index in [1.165, 1.54) is 0 Å². The van der Waals surface area contributed by atoms with Gasteiger partial charge in [-0.25, -0.2) is 4.68 Å². The number of likely N-dealkylation sites (tertiary alicyclic amines) is 1. The molecule has 1 aliphatic heterocycles. The van der Waals surface area contributed by atoms with Gasteiger partial charge in [0.2, 0.25) is 0 Å². The first-order valence-corrected chi connectivity index (χ1v) is 8.13. The number of nitrogens with zero attached hydrogens (tertiary/aromatic N) is 4. The molecule has 2 aromatic rings. The first-order chi connectivity index (χ1) is 10.8. The number of aromatic amines is 1. The molecule has 6 nitrogen and oxygen atoms in total. The van der Waals surface area contributed by atoms with Crippen molar-refractivity contribution in [3.8, 4) is 0 Å². The third-order valence-electron chi connectivity index (χ3n) is 4.24. The van der Waals surface area contributed by atoms with Crippen LogP contribution in [0.3, 0.4) is 0 Å². The molecule has 0 atom stereocenters. The van der Waals surface area contributed by atoms with E-state index >= 15 is 0 Å². The summed E-state index contributed by atoms with van der Waals surface area (Å²) in [5.41, 5.74) is 3.07. The second-order valence-corrected chi connectivity index (χ2v) is 7.59. The molecule has 3 heterocycles. The zero-order valence-corrected chi connectivity index (χ0v) is 14.3. The molecule has 0 unspecified atom stereocenters. The third-order valence-corrected chi connectivity index (χ3v) is 4.24. The Bertz CT molecular complexity index is 734. The van der Waals surface area contributed by atoms with Crippen LogP contribution in [0.2, 0.25) is 0 Å². The maximum atomic E-state index is 12.0. The van der Waals surface area contributed by atoms with Crippen LogP contribution in [0, 0.1) is 12.8 Å². The number of nitrogens with one attached hydrogen (secondary N) is 1. The van der Waals surface area contributed by atoms with E-state index in [9.17, 15) is 4.79 Å². The Kier molecular flexibility index (Phi) is 4.10. The zero-order chi connectivity index (χ0) is 16.6. The lowest BCUT2D eigenvalue weighted by Gasteiger charge is -2.38. The smallest absolute Gasteiger partial charge is 0.266 e. The minimum absolute atomic E-state index is 0.0145. The van der Waals surface area contributed by atoms with Crippen molar-refractivity contribution >= 4 is 0 Å². The van der Waals surface area contributed by atoms with Gasteiger partial charge in [-0.2, -0.15) is 10.2 Å². The van der Waals surface area contributed by atoms with Gasteiger partial charge in [-0.05, 0) is 19.1 Å². The molecule has 124 valence electrons. The van der Waals surface area contributed by atoms with E-state index in [0.717, 1.165) is 36.7 Å². The van der Waals surface area contributed by atoms with Gasteiger partial charge in [-0.15, -0.1) is 0 Å². The first kappa shape index (κ1) is 15.9. The van der Waals surface area contributed by atoms with Gasteiger partial charge >= 0.3 is 0 Å². The highest BCUT2D eigenvalue weighted by Gasteiger charge is 2.28. The van der Waals surface area contributed by atoms with E-state index in [1.807, 2.05) is 13.0 Å². The molecule has 3 rings (SSSR count). The van der Waals surface area contributed by atoms with Crippen LogP contribution >= 0.6 is 0 Å². The lowest BCUT2D eigenvalue weighted by atomic mass is 9.92. The Labute approximate surface area is 136 Å². The molecule has 23 heavy (non-hydrogen) atoms. The monoisotopic (exact) mass is 315 g/mol. The maximum Gasteiger partial charge on any atom is 0.266 e. The lowest BCUT2D eigenvalue weighted by molar-refractivity contribution is 0.0751. The largest absolute Gasteiger partial charge is 0.297 e. The molecule has 1 aliphatic rings. The summed E-state index contributed by atoms with van der Waals surface area (Å²) in [6, 6.07) is 5.55. The summed E-state index contributed by atoms with van der Waals surface area (Å²) in [7, 11) is 0. The summed E-state index contributed by atoms with van der Waals surface area (Å²) in [6.45, 7) is 11.9. The molecule has 6 heteroatoms. The summed E-state index contributed by atoms with van der Waals surface area (Å²) in [5, 5.41) is 11.8. The number of aryl methyl sites for hydroxylation is 1. The van der Waals surface area contributed by atoms with Gasteiger partial charge in [0.1, 0.15) is 0 Å². The van der Waals surface area contributed by atoms with Gasteiger partial charge in [0.05, 0.1) is 17.9 Å². The van der Waals surface area contributed by atoms with Crippen molar-refractivity contribution in [2.45, 2.75) is 46.2 Å². The molecular weight excluding hydrogens is 290 g/mol. The van der Waals surface area contributed by atoms with Crippen LogP contribution in [0.1, 0.15) is 37.9 Å². The van der Waals surface area contributed by atoms with E-state index in [4.69, 9.17) is 0 Å².